The highest BCUT2D eigenvalue weighted by atomic mass is 31.2. The monoisotopic (exact) mass is 1210 g/mol. The maximum Gasteiger partial charge on any atom is 0.409 e. The molecule has 460 valence electrons. The fraction of sp³-hybridized carbons (Fsp3) is 0.443. The molecule has 9 atom stereocenters. The molecular formula is C61H74N7O17P. The summed E-state index contributed by atoms with van der Waals surface area (Å²) in [6.07, 6.45) is -5.12. The molecular weight excluding hydrogens is 1130 g/mol. The maximum atomic E-state index is 16.1. The number of benzene rings is 4. The van der Waals surface area contributed by atoms with Crippen LogP contribution in [0.15, 0.2) is 122 Å². The summed E-state index contributed by atoms with van der Waals surface area (Å²) < 4.78 is 87.4. The van der Waals surface area contributed by atoms with Gasteiger partial charge in [-0.2, -0.15) is 0 Å². The molecule has 2 aliphatic heterocycles. The largest absolute Gasteiger partial charge is 0.497 e. The van der Waals surface area contributed by atoms with Crippen LogP contribution < -0.4 is 20.1 Å². The Kier molecular flexibility index (Phi) is 21.8. The molecule has 2 aromatic heterocycles. The van der Waals surface area contributed by atoms with Gasteiger partial charge in [-0.25, -0.2) is 24.2 Å². The zero-order valence-corrected chi connectivity index (χ0v) is 50.6. The molecule has 2 aliphatic rings. The summed E-state index contributed by atoms with van der Waals surface area (Å²) in [7, 11) is -1.21. The lowest BCUT2D eigenvalue weighted by Gasteiger charge is -2.45. The highest BCUT2D eigenvalue weighted by molar-refractivity contribution is 7.51. The van der Waals surface area contributed by atoms with Crippen LogP contribution in [0.1, 0.15) is 102 Å². The summed E-state index contributed by atoms with van der Waals surface area (Å²) in [5.74, 6) is -1.69. The number of carbonyl (C=O) groups is 5. The number of methoxy groups -OCH3 is 2. The number of fused-ring (bicyclic) bond motifs is 1. The van der Waals surface area contributed by atoms with E-state index in [1.54, 1.807) is 47.7 Å². The molecule has 0 bridgehead atoms. The smallest absolute Gasteiger partial charge is 0.409 e. The first-order valence-corrected chi connectivity index (χ1v) is 29.7. The lowest BCUT2D eigenvalue weighted by atomic mass is 9.80. The number of hydrogen-bond acceptors (Lipinski definition) is 20. The number of aromatic nitrogens is 4. The summed E-state index contributed by atoms with van der Waals surface area (Å²) in [5, 5.41) is 5.55. The molecule has 6 aromatic rings. The summed E-state index contributed by atoms with van der Waals surface area (Å²) in [6.45, 7) is 11.3. The van der Waals surface area contributed by atoms with E-state index in [0.717, 1.165) is 30.5 Å². The maximum absolute atomic E-state index is 16.1. The zero-order chi connectivity index (χ0) is 61.7. The topological polar surface area (TPSA) is 275 Å². The normalized spacial score (nSPS) is 21.2. The van der Waals surface area contributed by atoms with Crippen molar-refractivity contribution in [3.05, 3.63) is 144 Å². The molecule has 2 amide bonds. The van der Waals surface area contributed by atoms with Crippen molar-refractivity contribution < 1.29 is 80.2 Å². The van der Waals surface area contributed by atoms with Crippen LogP contribution in [0, 0.1) is 0 Å². The Balaban J connectivity index is 1.13. The quantitative estimate of drug-likeness (QED) is 0.0162. The van der Waals surface area contributed by atoms with E-state index >= 15 is 4.57 Å². The minimum atomic E-state index is -4.40. The van der Waals surface area contributed by atoms with E-state index in [-0.39, 0.29) is 44.0 Å². The number of carbonyl (C=O) groups excluding carboxylic acids is 5. The van der Waals surface area contributed by atoms with Crippen molar-refractivity contribution in [3.8, 4) is 11.5 Å². The Morgan fingerprint density at radius 1 is 0.709 bits per heavy atom. The van der Waals surface area contributed by atoms with Gasteiger partial charge in [0, 0.05) is 51.8 Å². The number of amides is 2. The van der Waals surface area contributed by atoms with Gasteiger partial charge in [-0.1, -0.05) is 72.8 Å². The zero-order valence-electron chi connectivity index (χ0n) is 49.7. The van der Waals surface area contributed by atoms with E-state index in [1.807, 2.05) is 113 Å². The number of ether oxygens (including phenoxy) is 9. The molecule has 4 heterocycles. The van der Waals surface area contributed by atoms with Gasteiger partial charge >= 0.3 is 25.7 Å². The predicted molar refractivity (Wildman–Crippen MR) is 312 cm³/mol. The third-order valence-electron chi connectivity index (χ3n) is 14.3. The Morgan fingerprint density at radius 2 is 1.30 bits per heavy atom. The SMILES string of the molecule is COc1ccc(C(OC[C@H]2O[C@@H](n3cnc4c(NC(=O)c5ccccc5)ncnc43)C[C@@H]2OP(=O)(OCCCO[C@@H]2O[C@H](COC(C)=O)[C@@H](OC(C)=O)[C@H](OC(C)=O)[C@H]2NC(C)=O)N(C(C)C)C(C)C)(c2ccccc2)c2ccc(OC)cc2)cc1. The van der Waals surface area contributed by atoms with Gasteiger partial charge in [-0.3, -0.25) is 37.6 Å². The first-order chi connectivity index (χ1) is 41.2. The predicted octanol–water partition coefficient (Wildman–Crippen LogP) is 8.08. The fourth-order valence-corrected chi connectivity index (χ4v) is 13.1. The van der Waals surface area contributed by atoms with E-state index < -0.39 is 111 Å². The van der Waals surface area contributed by atoms with E-state index in [9.17, 15) is 24.0 Å². The lowest BCUT2D eigenvalue weighted by molar-refractivity contribution is -0.278. The standard InChI is InChI=1S/C61H74N7O17P/c1-37(2)68(38(3)4)86(74,80-31-17-30-77-60-53(65-39(5)69)56(82-42(8)72)55(81-41(7)71)51(84-60)33-78-40(6)70)85-49-32-52(67-36-64-54-57(62-35-63-58(54)67)66-59(73)43-18-13-11-14-19-43)83-50(49)34-79-61(44-20-15-12-16-21-44,45-22-26-47(75-9)27-23-45)46-24-28-48(76-10)29-25-46/h11-16,18-29,35-38,49-53,55-56,60H,17,30-34H2,1-10H3,(H,65,69)(H,62,63,66,73)/t49-,50+,51+,52+,53+,55+,56+,60+,86?/m0/s1. The van der Waals surface area contributed by atoms with E-state index in [1.165, 1.54) is 26.5 Å². The van der Waals surface area contributed by atoms with Crippen LogP contribution in [0.2, 0.25) is 0 Å². The molecule has 2 N–H and O–H groups in total. The van der Waals surface area contributed by atoms with Gasteiger partial charge in [0.25, 0.3) is 5.91 Å². The molecule has 8 rings (SSSR count). The fourth-order valence-electron chi connectivity index (χ4n) is 10.7. The van der Waals surface area contributed by atoms with Gasteiger partial charge in [0.1, 0.15) is 60.6 Å². The van der Waals surface area contributed by atoms with Crippen LogP contribution >= 0.6 is 7.75 Å². The van der Waals surface area contributed by atoms with Gasteiger partial charge < -0.3 is 53.3 Å². The summed E-state index contributed by atoms with van der Waals surface area (Å²) in [4.78, 5) is 76.5. The second-order valence-electron chi connectivity index (χ2n) is 21.0. The molecule has 1 unspecified atom stereocenters. The number of nitrogens with one attached hydrogen (secondary N) is 2. The minimum Gasteiger partial charge on any atom is -0.497 e. The van der Waals surface area contributed by atoms with Crippen LogP contribution in [0.4, 0.5) is 5.82 Å². The summed E-state index contributed by atoms with van der Waals surface area (Å²) >= 11 is 0. The molecule has 0 saturated carbocycles. The Hall–Kier alpha value is -7.67. The van der Waals surface area contributed by atoms with Crippen LogP contribution in [0.25, 0.3) is 11.2 Å². The number of esters is 3. The highest BCUT2D eigenvalue weighted by Crippen LogP contribution is 2.58. The summed E-state index contributed by atoms with van der Waals surface area (Å²) in [6, 6.07) is 31.5. The molecule has 2 saturated heterocycles. The average Bonchev–Trinajstić information content (AvgIpc) is 1.35. The molecule has 25 heteroatoms. The van der Waals surface area contributed by atoms with Crippen LogP contribution in [0.3, 0.4) is 0 Å². The third kappa shape index (κ3) is 15.3. The third-order valence-corrected chi connectivity index (χ3v) is 16.8. The highest BCUT2D eigenvalue weighted by Gasteiger charge is 2.52. The van der Waals surface area contributed by atoms with Crippen molar-refractivity contribution in [2.45, 2.75) is 135 Å². The van der Waals surface area contributed by atoms with Gasteiger partial charge in [0.15, 0.2) is 35.5 Å². The van der Waals surface area contributed by atoms with Crippen molar-refractivity contribution in [1.82, 2.24) is 29.5 Å². The average molecular weight is 1210 g/mol. The molecule has 0 radical (unpaired) electrons. The first-order valence-electron chi connectivity index (χ1n) is 28.2. The van der Waals surface area contributed by atoms with Gasteiger partial charge in [0.2, 0.25) is 5.91 Å². The Bertz CT molecular complexity index is 3240. The molecule has 86 heavy (non-hydrogen) atoms. The van der Waals surface area contributed by atoms with Crippen molar-refractivity contribution in [2.75, 3.05) is 46.0 Å². The van der Waals surface area contributed by atoms with Crippen LogP contribution in [-0.4, -0.2) is 149 Å². The van der Waals surface area contributed by atoms with E-state index in [4.69, 9.17) is 51.7 Å². The number of anilines is 1. The van der Waals surface area contributed by atoms with Crippen LogP contribution in [-0.2, 0) is 71.5 Å². The van der Waals surface area contributed by atoms with E-state index in [2.05, 4.69) is 25.6 Å². The number of imidazole rings is 1. The van der Waals surface area contributed by atoms with Crippen molar-refractivity contribution in [1.29, 1.82) is 0 Å². The second-order valence-corrected chi connectivity index (χ2v) is 22.9. The van der Waals surface area contributed by atoms with Crippen molar-refractivity contribution in [2.24, 2.45) is 0 Å². The number of rotatable bonds is 27. The number of hydrogen-bond donors (Lipinski definition) is 2. The Labute approximate surface area is 499 Å². The van der Waals surface area contributed by atoms with Gasteiger partial charge in [-0.05, 0) is 87.2 Å². The molecule has 0 aliphatic carbocycles. The Morgan fingerprint density at radius 3 is 1.87 bits per heavy atom. The summed E-state index contributed by atoms with van der Waals surface area (Å²) in [5.41, 5.74) is 2.00. The first kappa shape index (κ1) is 64.3. The van der Waals surface area contributed by atoms with Gasteiger partial charge in [0.05, 0.1) is 40.4 Å². The second kappa shape index (κ2) is 29.1. The number of nitrogens with zero attached hydrogens (tertiary/aromatic N) is 5. The molecule has 4 aromatic carbocycles. The lowest BCUT2D eigenvalue weighted by Crippen LogP contribution is -2.66. The van der Waals surface area contributed by atoms with Gasteiger partial charge in [-0.15, -0.1) is 0 Å². The molecule has 0 spiro atoms. The minimum absolute atomic E-state index is 0.0633. The van der Waals surface area contributed by atoms with E-state index in [0.29, 0.717) is 22.7 Å². The van der Waals surface area contributed by atoms with Crippen molar-refractivity contribution >= 4 is 54.5 Å². The molecule has 24 nitrogen and oxygen atoms in total. The van der Waals surface area contributed by atoms with Crippen LogP contribution in [0.5, 0.6) is 11.5 Å². The molecule has 2 fully saturated rings. The van der Waals surface area contributed by atoms with Crippen molar-refractivity contribution in [3.63, 3.8) is 0 Å².